The quantitative estimate of drug-likeness (QED) is 0.208. The van der Waals surface area contributed by atoms with E-state index in [9.17, 15) is 24.3 Å². The normalized spacial score (nSPS) is 32.5. The van der Waals surface area contributed by atoms with Gasteiger partial charge < -0.3 is 9.84 Å². The van der Waals surface area contributed by atoms with E-state index in [1.807, 2.05) is 36.4 Å². The van der Waals surface area contributed by atoms with Crippen LogP contribution in [0.25, 0.3) is 0 Å². The maximum atomic E-state index is 13.8. The smallest absolute Gasteiger partial charge is 0.254 e. The third-order valence-electron chi connectivity index (χ3n) is 8.98. The van der Waals surface area contributed by atoms with Gasteiger partial charge in [0.15, 0.2) is 9.75 Å². The standard InChI is InChI=1S/C30H27BrCl2N2O6/c1-2-34-25(37)20-11-10-18-21(23(20)26(34)38)13-29(32)27(39)35(15-31)28(40)30(29,33)24(18)19-9-8-17(12-22(19)36)41-14-16-6-4-3-5-7-16/h3-10,12,20-21,23-24,36H,2,11,13-15H2,1H3/t20-,21+,23-,24+,29+,30-/m0/s1. The molecule has 0 bridgehead atoms. The zero-order valence-corrected chi connectivity index (χ0v) is 25.2. The van der Waals surface area contributed by atoms with Crippen molar-refractivity contribution < 1.29 is 29.0 Å². The average Bonchev–Trinajstić information content (AvgIpc) is 3.30. The molecular weight excluding hydrogens is 635 g/mol. The fraction of sp³-hybridized carbons (Fsp3) is 0.400. The van der Waals surface area contributed by atoms with E-state index in [-0.39, 0.29) is 54.6 Å². The van der Waals surface area contributed by atoms with E-state index >= 15 is 0 Å². The number of hydrogen-bond acceptors (Lipinski definition) is 6. The highest BCUT2D eigenvalue weighted by Gasteiger charge is 2.76. The summed E-state index contributed by atoms with van der Waals surface area (Å²) in [6.07, 6.45) is 2.03. The van der Waals surface area contributed by atoms with Crippen molar-refractivity contribution in [2.45, 2.75) is 42.0 Å². The van der Waals surface area contributed by atoms with Gasteiger partial charge in [-0.3, -0.25) is 29.0 Å². The third kappa shape index (κ3) is 3.92. The van der Waals surface area contributed by atoms with Gasteiger partial charge in [0.05, 0.1) is 17.3 Å². The summed E-state index contributed by atoms with van der Waals surface area (Å²) in [7, 11) is 0. The van der Waals surface area contributed by atoms with Crippen LogP contribution in [0.3, 0.4) is 0 Å². The van der Waals surface area contributed by atoms with Crippen LogP contribution in [0.2, 0.25) is 0 Å². The van der Waals surface area contributed by atoms with E-state index < -0.39 is 45.2 Å². The first-order chi connectivity index (χ1) is 19.6. The van der Waals surface area contributed by atoms with Crippen molar-refractivity contribution in [2.75, 3.05) is 12.0 Å². The molecule has 11 heteroatoms. The Bertz CT molecular complexity index is 1500. The van der Waals surface area contributed by atoms with Crippen molar-refractivity contribution in [1.82, 2.24) is 9.80 Å². The molecule has 6 rings (SSSR count). The minimum Gasteiger partial charge on any atom is -0.508 e. The van der Waals surface area contributed by atoms with Crippen molar-refractivity contribution in [3.8, 4) is 11.5 Å². The van der Waals surface area contributed by atoms with Crippen molar-refractivity contribution in [1.29, 1.82) is 0 Å². The number of amides is 4. The summed E-state index contributed by atoms with van der Waals surface area (Å²) >= 11 is 17.6. The monoisotopic (exact) mass is 660 g/mol. The average molecular weight is 662 g/mol. The maximum Gasteiger partial charge on any atom is 0.254 e. The van der Waals surface area contributed by atoms with E-state index in [2.05, 4.69) is 15.9 Å². The molecule has 1 saturated carbocycles. The van der Waals surface area contributed by atoms with Gasteiger partial charge in [0.1, 0.15) is 18.1 Å². The number of likely N-dealkylation sites (tertiary alicyclic amines) is 2. The molecule has 2 aliphatic carbocycles. The molecule has 0 unspecified atom stereocenters. The lowest BCUT2D eigenvalue weighted by Crippen LogP contribution is -2.60. The van der Waals surface area contributed by atoms with Gasteiger partial charge in [-0.05, 0) is 37.3 Å². The number of alkyl halides is 3. The predicted octanol–water partition coefficient (Wildman–Crippen LogP) is 4.70. The number of aromatic hydroxyl groups is 1. The first-order valence-corrected chi connectivity index (χ1v) is 15.3. The Morgan fingerprint density at radius 3 is 2.39 bits per heavy atom. The van der Waals surface area contributed by atoms with E-state index in [0.29, 0.717) is 11.3 Å². The summed E-state index contributed by atoms with van der Waals surface area (Å²) in [4.78, 5) is 52.4. The number of halogens is 3. The number of ether oxygens (including phenoxy) is 1. The van der Waals surface area contributed by atoms with Crippen molar-refractivity contribution in [3.63, 3.8) is 0 Å². The molecule has 8 nitrogen and oxygen atoms in total. The second-order valence-corrected chi connectivity index (χ2v) is 12.6. The first kappa shape index (κ1) is 28.2. The minimum atomic E-state index is -1.98. The largest absolute Gasteiger partial charge is 0.508 e. The number of hydrogen-bond donors (Lipinski definition) is 1. The summed E-state index contributed by atoms with van der Waals surface area (Å²) in [5.74, 6) is -4.71. The lowest BCUT2D eigenvalue weighted by molar-refractivity contribution is -0.141. The highest BCUT2D eigenvalue weighted by Crippen LogP contribution is 2.66. The summed E-state index contributed by atoms with van der Waals surface area (Å²) in [6.45, 7) is 2.26. The number of nitrogens with zero attached hydrogens (tertiary/aromatic N) is 2. The molecule has 41 heavy (non-hydrogen) atoms. The van der Waals surface area contributed by atoms with Crippen LogP contribution in [-0.4, -0.2) is 60.3 Å². The predicted molar refractivity (Wildman–Crippen MR) is 155 cm³/mol. The summed E-state index contributed by atoms with van der Waals surface area (Å²) < 4.78 is 5.88. The molecule has 3 fully saturated rings. The Kier molecular flexibility index (Phi) is 6.98. The molecule has 2 aliphatic heterocycles. The van der Waals surface area contributed by atoms with E-state index in [1.165, 1.54) is 11.0 Å². The minimum absolute atomic E-state index is 0.0920. The van der Waals surface area contributed by atoms with Crippen LogP contribution in [0, 0.1) is 17.8 Å². The zero-order chi connectivity index (χ0) is 29.3. The lowest BCUT2D eigenvalue weighted by Gasteiger charge is -2.50. The molecular formula is C30H27BrCl2N2O6. The molecule has 2 saturated heterocycles. The molecule has 0 spiro atoms. The topological polar surface area (TPSA) is 104 Å². The second-order valence-electron chi connectivity index (χ2n) is 10.9. The third-order valence-corrected chi connectivity index (χ3v) is 10.9. The number of allylic oxidation sites excluding steroid dienone is 2. The SMILES string of the molecule is CCN1C(=O)[C@H]2[C@H](CC=C3[C@H]2C[C@@]2(Cl)C(=O)N(CBr)C(=O)[C@@]2(Cl)[C@H]3c2ccc(OCc3ccccc3)cc2O)C1=O. The van der Waals surface area contributed by atoms with Gasteiger partial charge in [0.25, 0.3) is 11.8 Å². The van der Waals surface area contributed by atoms with Crippen LogP contribution in [-0.2, 0) is 25.8 Å². The molecule has 6 atom stereocenters. The Morgan fingerprint density at radius 1 is 1.00 bits per heavy atom. The summed E-state index contributed by atoms with van der Waals surface area (Å²) in [5.41, 5.74) is 1.74. The maximum absolute atomic E-state index is 13.8. The fourth-order valence-corrected chi connectivity index (χ4v) is 8.49. The molecule has 4 aliphatic rings. The van der Waals surface area contributed by atoms with Crippen molar-refractivity contribution in [3.05, 3.63) is 71.3 Å². The number of carbonyl (C=O) groups is 4. The molecule has 214 valence electrons. The lowest BCUT2D eigenvalue weighted by atomic mass is 9.56. The van der Waals surface area contributed by atoms with Crippen LogP contribution in [0.5, 0.6) is 11.5 Å². The van der Waals surface area contributed by atoms with Gasteiger partial charge >= 0.3 is 0 Å². The van der Waals surface area contributed by atoms with Gasteiger partial charge in [0.2, 0.25) is 11.8 Å². The van der Waals surface area contributed by atoms with Crippen LogP contribution in [0.4, 0.5) is 0 Å². The van der Waals surface area contributed by atoms with Gasteiger partial charge in [-0.15, -0.1) is 23.2 Å². The number of phenols is 1. The number of fused-ring (bicyclic) bond motifs is 4. The molecule has 2 heterocycles. The van der Waals surface area contributed by atoms with E-state index in [4.69, 9.17) is 27.9 Å². The van der Waals surface area contributed by atoms with Crippen LogP contribution in [0.1, 0.15) is 36.8 Å². The van der Waals surface area contributed by atoms with Crippen molar-refractivity contribution in [2.24, 2.45) is 17.8 Å². The van der Waals surface area contributed by atoms with Gasteiger partial charge in [-0.2, -0.15) is 0 Å². The fourth-order valence-electron chi connectivity index (χ4n) is 7.07. The van der Waals surface area contributed by atoms with Gasteiger partial charge in [-0.25, -0.2) is 0 Å². The Balaban J connectivity index is 1.45. The number of carbonyl (C=O) groups excluding carboxylic acids is 4. The van der Waals surface area contributed by atoms with Crippen LogP contribution < -0.4 is 4.74 Å². The highest BCUT2D eigenvalue weighted by atomic mass is 79.9. The van der Waals surface area contributed by atoms with Crippen molar-refractivity contribution >= 4 is 62.8 Å². The Hall–Kier alpha value is -2.88. The highest BCUT2D eigenvalue weighted by molar-refractivity contribution is 9.09. The number of benzene rings is 2. The number of rotatable bonds is 6. The first-order valence-electron chi connectivity index (χ1n) is 13.4. The van der Waals surface area contributed by atoms with Crippen LogP contribution >= 0.6 is 39.1 Å². The Morgan fingerprint density at radius 2 is 1.73 bits per heavy atom. The summed E-state index contributed by atoms with van der Waals surface area (Å²) in [5, 5.41) is 11.3. The van der Waals surface area contributed by atoms with E-state index in [0.717, 1.165) is 10.5 Å². The molecule has 1 N–H and O–H groups in total. The van der Waals surface area contributed by atoms with Gasteiger partial charge in [0, 0.05) is 24.1 Å². The van der Waals surface area contributed by atoms with Crippen LogP contribution in [0.15, 0.2) is 60.2 Å². The molecule has 4 amide bonds. The van der Waals surface area contributed by atoms with E-state index in [1.54, 1.807) is 19.1 Å². The molecule has 0 radical (unpaired) electrons. The second kappa shape index (κ2) is 10.1. The number of imide groups is 2. The molecule has 2 aromatic rings. The Labute approximate surface area is 255 Å². The van der Waals surface area contributed by atoms with Gasteiger partial charge in [-0.1, -0.05) is 64.0 Å². The summed E-state index contributed by atoms with van der Waals surface area (Å²) in [6, 6.07) is 14.3. The zero-order valence-electron chi connectivity index (χ0n) is 22.1. The number of phenolic OH excluding ortho intramolecular Hbond substituents is 1. The molecule has 0 aromatic heterocycles. The molecule has 2 aromatic carbocycles.